The Balaban J connectivity index is 0.00000108. The molecule has 17 heavy (non-hydrogen) atoms. The monoisotopic (exact) mass is 310 g/mol. The van der Waals surface area contributed by atoms with Gasteiger partial charge in [-0.15, -0.1) is 17.0 Å². The van der Waals surface area contributed by atoms with Crippen molar-refractivity contribution in [2.75, 3.05) is 13.1 Å². The minimum Gasteiger partial charge on any atom is -0.320 e. The molecule has 0 radical (unpaired) electrons. The Hall–Kier alpha value is -0.740. The number of halogens is 1. The molecule has 0 atom stereocenters. The first-order valence-electron chi connectivity index (χ1n) is 5.69. The highest BCUT2D eigenvalue weighted by atomic mass is 79.9. The third-order valence-corrected chi connectivity index (χ3v) is 3.81. The Morgan fingerprint density at radius 2 is 1.94 bits per heavy atom. The number of hydrogen-bond donors (Lipinski definition) is 0. The zero-order valence-electron chi connectivity index (χ0n) is 9.50. The molecule has 2 heterocycles. The van der Waals surface area contributed by atoms with Gasteiger partial charge in [-0.1, -0.05) is 42.1 Å². The molecule has 0 spiro atoms. The van der Waals surface area contributed by atoms with Gasteiger partial charge in [0.2, 0.25) is 0 Å². The molecule has 2 aliphatic heterocycles. The lowest BCUT2D eigenvalue weighted by Gasteiger charge is -2.20. The van der Waals surface area contributed by atoms with Crippen molar-refractivity contribution in [1.82, 2.24) is 4.90 Å². The Morgan fingerprint density at radius 3 is 2.76 bits per heavy atom. The van der Waals surface area contributed by atoms with Gasteiger partial charge in [-0.2, -0.15) is 0 Å². The van der Waals surface area contributed by atoms with Crippen LogP contribution in [0.5, 0.6) is 0 Å². The molecule has 0 saturated heterocycles. The molecule has 0 N–H and O–H groups in total. The molecule has 4 heteroatoms. The Bertz CT molecular complexity index is 442. The van der Waals surface area contributed by atoms with Crippen LogP contribution in [0.3, 0.4) is 0 Å². The summed E-state index contributed by atoms with van der Waals surface area (Å²) in [7, 11) is 0. The smallest absolute Gasteiger partial charge is 0.168 e. The number of aliphatic imine (C=N–C) groups is 1. The second-order valence-corrected chi connectivity index (χ2v) is 4.85. The van der Waals surface area contributed by atoms with E-state index in [4.69, 9.17) is 0 Å². The van der Waals surface area contributed by atoms with Crippen LogP contribution >= 0.6 is 28.7 Å². The molecule has 0 aliphatic carbocycles. The van der Waals surface area contributed by atoms with Gasteiger partial charge in [0.05, 0.1) is 5.70 Å². The maximum Gasteiger partial charge on any atom is 0.168 e. The van der Waals surface area contributed by atoms with Crippen LogP contribution in [0.1, 0.15) is 18.4 Å². The topological polar surface area (TPSA) is 15.6 Å². The van der Waals surface area contributed by atoms with E-state index in [0.717, 1.165) is 13.1 Å². The maximum absolute atomic E-state index is 4.61. The highest BCUT2D eigenvalue weighted by Gasteiger charge is 2.24. The molecule has 0 amide bonds. The largest absolute Gasteiger partial charge is 0.320 e. The zero-order chi connectivity index (χ0) is 10.8. The van der Waals surface area contributed by atoms with E-state index in [1.165, 1.54) is 29.3 Å². The van der Waals surface area contributed by atoms with Gasteiger partial charge in [-0.25, -0.2) is 0 Å². The van der Waals surface area contributed by atoms with Crippen molar-refractivity contribution >= 4 is 39.6 Å². The minimum atomic E-state index is 0. The number of nitrogens with zero attached hydrogens (tertiary/aromatic N) is 2. The van der Waals surface area contributed by atoms with E-state index in [9.17, 15) is 0 Å². The van der Waals surface area contributed by atoms with Crippen LogP contribution in [-0.4, -0.2) is 23.2 Å². The van der Waals surface area contributed by atoms with Gasteiger partial charge >= 0.3 is 0 Å². The summed E-state index contributed by atoms with van der Waals surface area (Å²) in [6, 6.07) is 10.6. The van der Waals surface area contributed by atoms with Gasteiger partial charge in [0, 0.05) is 18.5 Å². The van der Waals surface area contributed by atoms with E-state index >= 15 is 0 Å². The van der Waals surface area contributed by atoms with Crippen molar-refractivity contribution in [3.63, 3.8) is 0 Å². The first kappa shape index (κ1) is 12.7. The highest BCUT2D eigenvalue weighted by molar-refractivity contribution is 8.93. The van der Waals surface area contributed by atoms with Crippen LogP contribution in [0.15, 0.2) is 40.7 Å². The number of rotatable bonds is 1. The molecular formula is C13H15BrN2S. The second kappa shape index (κ2) is 5.74. The molecule has 0 aromatic heterocycles. The van der Waals surface area contributed by atoms with Crippen LogP contribution in [0.25, 0.3) is 5.70 Å². The van der Waals surface area contributed by atoms with Gasteiger partial charge in [0.25, 0.3) is 0 Å². The van der Waals surface area contributed by atoms with Crippen LogP contribution in [-0.2, 0) is 0 Å². The van der Waals surface area contributed by atoms with Crippen LogP contribution in [0.2, 0.25) is 0 Å². The number of benzene rings is 1. The van der Waals surface area contributed by atoms with Gasteiger partial charge in [0.15, 0.2) is 5.17 Å². The number of amidine groups is 1. The van der Waals surface area contributed by atoms with Crippen molar-refractivity contribution in [3.8, 4) is 0 Å². The molecule has 0 fully saturated rings. The normalized spacial score (nSPS) is 18.7. The number of hydrogen-bond acceptors (Lipinski definition) is 3. The summed E-state index contributed by atoms with van der Waals surface area (Å²) in [5, 5.41) is 3.40. The van der Waals surface area contributed by atoms with Crippen molar-refractivity contribution in [2.45, 2.75) is 12.8 Å². The maximum atomic E-state index is 4.61. The summed E-state index contributed by atoms with van der Waals surface area (Å²) in [5.41, 5.74) is 2.60. The van der Waals surface area contributed by atoms with E-state index in [2.05, 4.69) is 45.6 Å². The predicted octanol–water partition coefficient (Wildman–Crippen LogP) is 3.76. The first-order chi connectivity index (χ1) is 7.95. The molecule has 2 aliphatic rings. The lowest BCUT2D eigenvalue weighted by molar-refractivity contribution is 0.571. The molecule has 0 bridgehead atoms. The van der Waals surface area contributed by atoms with Crippen LogP contribution in [0, 0.1) is 0 Å². The molecule has 2 nitrogen and oxygen atoms in total. The van der Waals surface area contributed by atoms with Crippen molar-refractivity contribution < 1.29 is 0 Å². The lowest BCUT2D eigenvalue weighted by Crippen LogP contribution is -2.23. The van der Waals surface area contributed by atoms with E-state index in [0.29, 0.717) is 0 Å². The SMILES string of the molecule is Br.C1=C(c2ccccc2)N2CCCCN=C2S1. The summed E-state index contributed by atoms with van der Waals surface area (Å²) in [4.78, 5) is 6.97. The zero-order valence-corrected chi connectivity index (χ0v) is 12.0. The van der Waals surface area contributed by atoms with Gasteiger partial charge < -0.3 is 4.90 Å². The highest BCUT2D eigenvalue weighted by Crippen LogP contribution is 2.34. The van der Waals surface area contributed by atoms with Gasteiger partial charge in [-0.3, -0.25) is 4.99 Å². The van der Waals surface area contributed by atoms with E-state index in [1.54, 1.807) is 11.8 Å². The summed E-state index contributed by atoms with van der Waals surface area (Å²) in [6.45, 7) is 2.08. The molecule has 0 saturated carbocycles. The first-order valence-corrected chi connectivity index (χ1v) is 6.57. The van der Waals surface area contributed by atoms with Crippen LogP contribution in [0.4, 0.5) is 0 Å². The van der Waals surface area contributed by atoms with E-state index in [-0.39, 0.29) is 17.0 Å². The third kappa shape index (κ3) is 2.58. The van der Waals surface area contributed by atoms with Crippen molar-refractivity contribution in [1.29, 1.82) is 0 Å². The fourth-order valence-corrected chi connectivity index (χ4v) is 3.03. The lowest BCUT2D eigenvalue weighted by atomic mass is 10.1. The van der Waals surface area contributed by atoms with Crippen molar-refractivity contribution in [2.24, 2.45) is 4.99 Å². The average molecular weight is 311 g/mol. The fourth-order valence-electron chi connectivity index (χ4n) is 2.07. The Kier molecular flexibility index (Phi) is 4.29. The molecular weight excluding hydrogens is 296 g/mol. The van der Waals surface area contributed by atoms with E-state index in [1.807, 2.05) is 0 Å². The standard InChI is InChI=1S/C13H14N2S.BrH/c1-2-6-11(7-3-1)12-10-16-13-14-8-4-5-9-15(12)13;/h1-3,6-7,10H,4-5,8-9H2;1H. The Labute approximate surface area is 117 Å². The molecule has 90 valence electrons. The molecule has 1 aromatic carbocycles. The molecule has 3 rings (SSSR count). The Morgan fingerprint density at radius 1 is 1.12 bits per heavy atom. The fraction of sp³-hybridized carbons (Fsp3) is 0.308. The summed E-state index contributed by atoms with van der Waals surface area (Å²) in [6.07, 6.45) is 2.44. The second-order valence-electron chi connectivity index (χ2n) is 4.01. The summed E-state index contributed by atoms with van der Waals surface area (Å²) in [5.74, 6) is 0. The van der Waals surface area contributed by atoms with Crippen LogP contribution < -0.4 is 0 Å². The molecule has 0 unspecified atom stereocenters. The third-order valence-electron chi connectivity index (χ3n) is 2.90. The van der Waals surface area contributed by atoms with Gasteiger partial charge in [-0.05, 0) is 18.4 Å². The molecule has 1 aromatic rings. The summed E-state index contributed by atoms with van der Waals surface area (Å²) >= 11 is 1.76. The van der Waals surface area contributed by atoms with E-state index < -0.39 is 0 Å². The average Bonchev–Trinajstić information content (AvgIpc) is 2.60. The summed E-state index contributed by atoms with van der Waals surface area (Å²) < 4.78 is 0. The van der Waals surface area contributed by atoms with Gasteiger partial charge in [0.1, 0.15) is 0 Å². The number of thioether (sulfide) groups is 1. The minimum absolute atomic E-state index is 0. The number of fused-ring (bicyclic) bond motifs is 1. The predicted molar refractivity (Wildman–Crippen MR) is 80.6 cm³/mol. The van der Waals surface area contributed by atoms with Crippen molar-refractivity contribution in [3.05, 3.63) is 41.3 Å². The quantitative estimate of drug-likeness (QED) is 0.785.